The lowest BCUT2D eigenvalue weighted by Gasteiger charge is -2.04. The van der Waals surface area contributed by atoms with E-state index in [9.17, 15) is 9.90 Å². The van der Waals surface area contributed by atoms with Crippen molar-refractivity contribution in [3.63, 3.8) is 0 Å². The van der Waals surface area contributed by atoms with Crippen molar-refractivity contribution in [2.24, 2.45) is 0 Å². The van der Waals surface area contributed by atoms with Gasteiger partial charge in [-0.3, -0.25) is 4.79 Å². The maximum atomic E-state index is 11.9. The van der Waals surface area contributed by atoms with E-state index in [1.807, 2.05) is 6.92 Å². The molecule has 0 radical (unpaired) electrons. The van der Waals surface area contributed by atoms with Crippen LogP contribution >= 0.6 is 11.3 Å². The molecule has 0 saturated heterocycles. The molecular weight excluding hydrogens is 238 g/mol. The maximum absolute atomic E-state index is 11.9. The van der Waals surface area contributed by atoms with Gasteiger partial charge in [-0.2, -0.15) is 0 Å². The van der Waals surface area contributed by atoms with Crippen molar-refractivity contribution < 1.29 is 9.90 Å². The number of nitrogens with zero attached hydrogens (tertiary/aromatic N) is 2. The molecule has 2 aromatic heterocycles. The highest BCUT2D eigenvalue weighted by Gasteiger charge is 2.15. The predicted octanol–water partition coefficient (Wildman–Crippen LogP) is 2.11. The summed E-state index contributed by atoms with van der Waals surface area (Å²) in [6.45, 7) is 3.61. The number of aryl methyl sites for hydroxylation is 2. The Hall–Kier alpha value is -1.95. The first-order valence-corrected chi connectivity index (χ1v) is 5.79. The fourth-order valence-electron chi connectivity index (χ4n) is 1.40. The minimum Gasteiger partial charge on any atom is -0.504 e. The van der Waals surface area contributed by atoms with Crippen molar-refractivity contribution >= 4 is 23.1 Å². The van der Waals surface area contributed by atoms with Gasteiger partial charge < -0.3 is 10.4 Å². The molecule has 0 spiro atoms. The summed E-state index contributed by atoms with van der Waals surface area (Å²) >= 11 is 1.32. The van der Waals surface area contributed by atoms with E-state index in [0.717, 1.165) is 5.01 Å². The number of anilines is 1. The van der Waals surface area contributed by atoms with E-state index in [2.05, 4.69) is 15.3 Å². The summed E-state index contributed by atoms with van der Waals surface area (Å²) in [6.07, 6.45) is 1.50. The van der Waals surface area contributed by atoms with Crippen LogP contribution in [0.4, 0.5) is 5.82 Å². The fraction of sp³-hybridized carbons (Fsp3) is 0.182. The second-order valence-electron chi connectivity index (χ2n) is 3.47. The van der Waals surface area contributed by atoms with Crippen molar-refractivity contribution in [1.82, 2.24) is 9.97 Å². The third-order valence-electron chi connectivity index (χ3n) is 2.13. The summed E-state index contributed by atoms with van der Waals surface area (Å²) in [5.74, 6) is -0.204. The molecule has 0 unspecified atom stereocenters. The summed E-state index contributed by atoms with van der Waals surface area (Å²) in [5, 5.41) is 12.9. The van der Waals surface area contributed by atoms with Gasteiger partial charge in [0.2, 0.25) is 0 Å². The molecule has 0 aliphatic carbocycles. The average Bonchev–Trinajstić information content (AvgIpc) is 2.61. The number of carbonyl (C=O) groups excluding carboxylic acids is 1. The number of pyridine rings is 1. The van der Waals surface area contributed by atoms with Gasteiger partial charge in [-0.15, -0.1) is 11.3 Å². The van der Waals surface area contributed by atoms with Crippen molar-refractivity contribution in [3.8, 4) is 5.75 Å². The summed E-state index contributed by atoms with van der Waals surface area (Å²) in [7, 11) is 0. The Balaban J connectivity index is 2.23. The van der Waals surface area contributed by atoms with Gasteiger partial charge in [0, 0.05) is 6.20 Å². The van der Waals surface area contributed by atoms with Gasteiger partial charge in [-0.1, -0.05) is 0 Å². The third-order valence-corrected chi connectivity index (χ3v) is 3.20. The number of nitrogens with one attached hydrogen (secondary N) is 1. The van der Waals surface area contributed by atoms with Crippen LogP contribution in [0.1, 0.15) is 20.4 Å². The van der Waals surface area contributed by atoms with Crippen LogP contribution < -0.4 is 5.32 Å². The largest absolute Gasteiger partial charge is 0.504 e. The van der Waals surface area contributed by atoms with E-state index in [1.54, 1.807) is 13.0 Å². The zero-order valence-electron chi connectivity index (χ0n) is 9.39. The van der Waals surface area contributed by atoms with Crippen molar-refractivity contribution in [2.45, 2.75) is 13.8 Å². The zero-order chi connectivity index (χ0) is 12.4. The van der Waals surface area contributed by atoms with Crippen molar-refractivity contribution in [3.05, 3.63) is 33.9 Å². The molecule has 88 valence electrons. The first-order chi connectivity index (χ1) is 8.08. The molecule has 2 heterocycles. The SMILES string of the molecule is Cc1nc(C)c(C(=O)Nc2ncccc2O)s1. The smallest absolute Gasteiger partial charge is 0.268 e. The second kappa shape index (κ2) is 4.50. The molecule has 5 nitrogen and oxygen atoms in total. The van der Waals surface area contributed by atoms with Crippen LogP contribution in [0.25, 0.3) is 0 Å². The Labute approximate surface area is 102 Å². The van der Waals surface area contributed by atoms with Crippen LogP contribution in [0.5, 0.6) is 5.75 Å². The minimum atomic E-state index is -0.304. The molecule has 6 heteroatoms. The van der Waals surface area contributed by atoms with E-state index in [4.69, 9.17) is 0 Å². The average molecular weight is 249 g/mol. The molecule has 2 rings (SSSR count). The molecule has 0 saturated carbocycles. The molecule has 2 aromatic rings. The Morgan fingerprint density at radius 3 is 2.82 bits per heavy atom. The second-order valence-corrected chi connectivity index (χ2v) is 4.68. The van der Waals surface area contributed by atoms with Gasteiger partial charge in [0.15, 0.2) is 11.6 Å². The molecule has 0 aromatic carbocycles. The summed E-state index contributed by atoms with van der Waals surface area (Å²) in [4.78, 5) is 20.5. The Morgan fingerprint density at radius 1 is 1.47 bits per heavy atom. The highest BCUT2D eigenvalue weighted by atomic mass is 32.1. The zero-order valence-corrected chi connectivity index (χ0v) is 10.2. The van der Waals surface area contributed by atoms with Crippen LogP contribution in [0.2, 0.25) is 0 Å². The van der Waals surface area contributed by atoms with Crippen molar-refractivity contribution in [2.75, 3.05) is 5.32 Å². The molecule has 2 N–H and O–H groups in total. The number of aromatic hydroxyl groups is 1. The van der Waals surface area contributed by atoms with E-state index in [1.165, 1.54) is 23.6 Å². The highest BCUT2D eigenvalue weighted by molar-refractivity contribution is 7.13. The van der Waals surface area contributed by atoms with Gasteiger partial charge in [-0.05, 0) is 26.0 Å². The van der Waals surface area contributed by atoms with Gasteiger partial charge in [0.25, 0.3) is 5.91 Å². The molecule has 0 fully saturated rings. The first-order valence-electron chi connectivity index (χ1n) is 4.97. The fourth-order valence-corrected chi connectivity index (χ4v) is 2.21. The number of thiazole rings is 1. The van der Waals surface area contributed by atoms with Gasteiger partial charge >= 0.3 is 0 Å². The Kier molecular flexibility index (Phi) is 3.06. The highest BCUT2D eigenvalue weighted by Crippen LogP contribution is 2.22. The van der Waals surface area contributed by atoms with Crippen LogP contribution in [-0.4, -0.2) is 21.0 Å². The first kappa shape index (κ1) is 11.5. The number of amides is 1. The minimum absolute atomic E-state index is 0.0558. The summed E-state index contributed by atoms with van der Waals surface area (Å²) in [5.41, 5.74) is 0.681. The number of hydrogen-bond acceptors (Lipinski definition) is 5. The number of rotatable bonds is 2. The lowest BCUT2D eigenvalue weighted by atomic mass is 10.3. The van der Waals surface area contributed by atoms with Gasteiger partial charge in [0.05, 0.1) is 10.7 Å². The third kappa shape index (κ3) is 2.42. The molecule has 1 amide bonds. The van der Waals surface area contributed by atoms with Gasteiger partial charge in [0.1, 0.15) is 4.88 Å². The van der Waals surface area contributed by atoms with E-state index >= 15 is 0 Å². The Bertz CT molecular complexity index is 566. The standard InChI is InChI=1S/C11H11N3O2S/c1-6-9(17-7(2)13-6)11(16)14-10-8(15)4-3-5-12-10/h3-5,15H,1-2H3,(H,12,14,16). The topological polar surface area (TPSA) is 75.1 Å². The van der Waals surface area contributed by atoms with E-state index in [-0.39, 0.29) is 17.5 Å². The molecular formula is C11H11N3O2S. The van der Waals surface area contributed by atoms with Crippen LogP contribution in [0.3, 0.4) is 0 Å². The normalized spacial score (nSPS) is 10.2. The number of aromatic nitrogens is 2. The predicted molar refractivity (Wildman–Crippen MR) is 65.4 cm³/mol. The number of carbonyl (C=O) groups is 1. The molecule has 17 heavy (non-hydrogen) atoms. The molecule has 0 aliphatic rings. The molecule has 0 aliphatic heterocycles. The van der Waals surface area contributed by atoms with Crippen LogP contribution in [0.15, 0.2) is 18.3 Å². The number of hydrogen-bond donors (Lipinski definition) is 2. The van der Waals surface area contributed by atoms with E-state index in [0.29, 0.717) is 10.6 Å². The van der Waals surface area contributed by atoms with Crippen LogP contribution in [-0.2, 0) is 0 Å². The summed E-state index contributed by atoms with van der Waals surface area (Å²) < 4.78 is 0. The quantitative estimate of drug-likeness (QED) is 0.854. The lowest BCUT2D eigenvalue weighted by Crippen LogP contribution is -2.12. The van der Waals surface area contributed by atoms with E-state index < -0.39 is 0 Å². The Morgan fingerprint density at radius 2 is 2.24 bits per heavy atom. The van der Waals surface area contributed by atoms with Crippen LogP contribution in [0, 0.1) is 13.8 Å². The monoisotopic (exact) mass is 249 g/mol. The van der Waals surface area contributed by atoms with Crippen molar-refractivity contribution in [1.29, 1.82) is 0 Å². The summed E-state index contributed by atoms with van der Waals surface area (Å²) in [6, 6.07) is 3.06. The molecule has 0 atom stereocenters. The maximum Gasteiger partial charge on any atom is 0.268 e. The van der Waals surface area contributed by atoms with Gasteiger partial charge in [-0.25, -0.2) is 9.97 Å². The molecule has 0 bridgehead atoms. The lowest BCUT2D eigenvalue weighted by molar-refractivity contribution is 0.102.